The second-order valence-electron chi connectivity index (χ2n) is 3.45. The van der Waals surface area contributed by atoms with Crippen LogP contribution < -0.4 is 0 Å². The molecule has 0 radical (unpaired) electrons. The number of nitrogens with zero attached hydrogens (tertiary/aromatic N) is 4. The van der Waals surface area contributed by atoms with Crippen LogP contribution in [0.5, 0.6) is 5.75 Å². The van der Waals surface area contributed by atoms with Gasteiger partial charge in [0.05, 0.1) is 17.9 Å². The topological polar surface area (TPSA) is 101 Å². The van der Waals surface area contributed by atoms with Gasteiger partial charge in [-0.05, 0) is 24.6 Å². The molecule has 7 nitrogen and oxygen atoms in total. The lowest BCUT2D eigenvalue weighted by Gasteiger charge is -2.17. The number of diazo groups is 1. The molecule has 0 aromatic heterocycles. The van der Waals surface area contributed by atoms with Crippen LogP contribution in [0.15, 0.2) is 23.5 Å². The summed E-state index contributed by atoms with van der Waals surface area (Å²) in [6, 6.07) is 4.13. The smallest absolute Gasteiger partial charge is 0.426 e. The average Bonchev–Trinajstić information content (AvgIpc) is 2.35. The Morgan fingerprint density at radius 1 is 1.59 bits per heavy atom. The summed E-state index contributed by atoms with van der Waals surface area (Å²) in [6.45, 7) is 2.16. The first-order valence-corrected chi connectivity index (χ1v) is 5.06. The van der Waals surface area contributed by atoms with Crippen LogP contribution in [0.4, 0.5) is 5.69 Å². The van der Waals surface area contributed by atoms with Gasteiger partial charge in [0, 0.05) is 12.6 Å². The van der Waals surface area contributed by atoms with Gasteiger partial charge in [-0.2, -0.15) is 0 Å². The Bertz CT molecular complexity index is 444. The van der Waals surface area contributed by atoms with Crippen molar-refractivity contribution in [2.45, 2.75) is 13.0 Å². The number of aromatic hydroxyl groups is 1. The Morgan fingerprint density at radius 3 is 2.76 bits per heavy atom. The Labute approximate surface area is 97.9 Å². The summed E-state index contributed by atoms with van der Waals surface area (Å²) in [4.78, 5) is 13.2. The highest BCUT2D eigenvalue weighted by molar-refractivity contribution is 5.57. The Balaban J connectivity index is 2.83. The van der Waals surface area contributed by atoms with E-state index < -0.39 is 6.10 Å². The van der Waals surface area contributed by atoms with E-state index in [9.17, 15) is 15.1 Å². The van der Waals surface area contributed by atoms with Crippen LogP contribution in [0, 0.1) is 10.3 Å². The number of phenols is 1. The van der Waals surface area contributed by atoms with Crippen molar-refractivity contribution in [3.8, 4) is 5.75 Å². The highest BCUT2D eigenvalue weighted by Crippen LogP contribution is 2.29. The van der Waals surface area contributed by atoms with Crippen LogP contribution >= 0.6 is 0 Å². The van der Waals surface area contributed by atoms with Crippen LogP contribution in [-0.4, -0.2) is 28.3 Å². The lowest BCUT2D eigenvalue weighted by atomic mass is 10.1. The van der Waals surface area contributed by atoms with E-state index in [2.05, 4.69) is 10.3 Å². The molecule has 7 heteroatoms. The molecule has 2 N–H and O–H groups in total. The Hall–Kier alpha value is -2.20. The van der Waals surface area contributed by atoms with E-state index in [0.717, 1.165) is 5.01 Å². The highest BCUT2D eigenvalue weighted by atomic mass is 16.3. The number of phenolic OH excluding ortho intramolecular Hbond substituents is 1. The molecule has 0 bridgehead atoms. The van der Waals surface area contributed by atoms with Gasteiger partial charge in [0.25, 0.3) is 0 Å². The maximum absolute atomic E-state index is 10.3. The first-order valence-electron chi connectivity index (χ1n) is 5.06. The molecule has 0 aliphatic heterocycles. The molecule has 90 valence electrons. The fraction of sp³-hybridized carbons (Fsp3) is 0.400. The molecular formula is C10H13N4O3+. The predicted octanol–water partition coefficient (Wildman–Crippen LogP) is 1.91. The van der Waals surface area contributed by atoms with E-state index in [1.807, 2.05) is 0 Å². The molecule has 0 aliphatic rings. The van der Waals surface area contributed by atoms with Gasteiger partial charge in [0.15, 0.2) is 4.98 Å². The zero-order chi connectivity index (χ0) is 12.8. The number of aliphatic hydroxyl groups is 1. The summed E-state index contributed by atoms with van der Waals surface area (Å²) in [5.41, 5.74) is 0.429. The molecule has 1 atom stereocenters. The largest absolute Gasteiger partial charge is 0.501 e. The van der Waals surface area contributed by atoms with Gasteiger partial charge in [0.2, 0.25) is 11.1 Å². The van der Waals surface area contributed by atoms with Crippen LogP contribution in [0.1, 0.15) is 18.6 Å². The fourth-order valence-corrected chi connectivity index (χ4v) is 1.36. The molecule has 1 rings (SSSR count). The van der Waals surface area contributed by atoms with Gasteiger partial charge in [-0.1, -0.05) is 0 Å². The molecule has 0 saturated carbocycles. The summed E-state index contributed by atoms with van der Waals surface area (Å²) in [5, 5.41) is 31.6. The molecule has 0 heterocycles. The Morgan fingerprint density at radius 2 is 2.29 bits per heavy atom. The van der Waals surface area contributed by atoms with E-state index >= 15 is 0 Å². The molecule has 0 saturated heterocycles. The minimum absolute atomic E-state index is 0.0156. The zero-order valence-corrected chi connectivity index (χ0v) is 9.32. The Kier molecular flexibility index (Phi) is 4.37. The van der Waals surface area contributed by atoms with E-state index in [-0.39, 0.29) is 18.0 Å². The summed E-state index contributed by atoms with van der Waals surface area (Å²) in [6.07, 6.45) is -0.953. The average molecular weight is 237 g/mol. The van der Waals surface area contributed by atoms with Crippen molar-refractivity contribution < 1.29 is 10.2 Å². The quantitative estimate of drug-likeness (QED) is 0.462. The molecule has 0 aliphatic carbocycles. The minimum atomic E-state index is -0.953. The third-order valence-corrected chi connectivity index (χ3v) is 2.36. The van der Waals surface area contributed by atoms with Crippen molar-refractivity contribution in [2.75, 3.05) is 13.1 Å². The number of likely N-dealkylation sites (N-methyl/N-ethyl adjacent to an activating group) is 1. The predicted molar refractivity (Wildman–Crippen MR) is 60.9 cm³/mol. The summed E-state index contributed by atoms with van der Waals surface area (Å²) < 4.78 is 0. The van der Waals surface area contributed by atoms with Crippen LogP contribution in [0.3, 0.4) is 0 Å². The van der Waals surface area contributed by atoms with Gasteiger partial charge in [0.1, 0.15) is 0 Å². The fourth-order valence-electron chi connectivity index (χ4n) is 1.36. The van der Waals surface area contributed by atoms with Crippen LogP contribution in [-0.2, 0) is 0 Å². The third-order valence-electron chi connectivity index (χ3n) is 2.36. The first-order chi connectivity index (χ1) is 8.12. The lowest BCUT2D eigenvalue weighted by Crippen LogP contribution is -2.22. The van der Waals surface area contributed by atoms with Crippen molar-refractivity contribution in [3.05, 3.63) is 33.6 Å². The lowest BCUT2D eigenvalue weighted by molar-refractivity contribution is 0.117. The van der Waals surface area contributed by atoms with Crippen LogP contribution in [0.2, 0.25) is 0 Å². The molecule has 1 aromatic rings. The summed E-state index contributed by atoms with van der Waals surface area (Å²) in [5.74, 6) is -0.244. The summed E-state index contributed by atoms with van der Waals surface area (Å²) >= 11 is 0. The van der Waals surface area contributed by atoms with Crippen molar-refractivity contribution in [3.63, 3.8) is 0 Å². The molecule has 0 spiro atoms. The van der Waals surface area contributed by atoms with Crippen molar-refractivity contribution in [1.29, 1.82) is 5.39 Å². The third kappa shape index (κ3) is 3.12. The number of hydrogen-bond donors (Lipinski definition) is 2. The van der Waals surface area contributed by atoms with Gasteiger partial charge in [-0.15, -0.1) is 4.91 Å². The van der Waals surface area contributed by atoms with Gasteiger partial charge >= 0.3 is 5.69 Å². The van der Waals surface area contributed by atoms with Gasteiger partial charge in [-0.3, -0.25) is 5.01 Å². The second kappa shape index (κ2) is 5.77. The number of aliphatic hydroxyl groups excluding tert-OH is 1. The molecule has 1 aromatic carbocycles. The van der Waals surface area contributed by atoms with Crippen molar-refractivity contribution in [1.82, 2.24) is 5.01 Å². The van der Waals surface area contributed by atoms with E-state index in [1.54, 1.807) is 6.92 Å². The van der Waals surface area contributed by atoms with Crippen molar-refractivity contribution >= 4 is 5.69 Å². The number of benzene rings is 1. The normalized spacial score (nSPS) is 11.6. The van der Waals surface area contributed by atoms with Gasteiger partial charge < -0.3 is 10.2 Å². The highest BCUT2D eigenvalue weighted by Gasteiger charge is 2.18. The van der Waals surface area contributed by atoms with E-state index in [4.69, 9.17) is 5.39 Å². The van der Waals surface area contributed by atoms with Crippen molar-refractivity contribution in [2.24, 2.45) is 5.29 Å². The minimum Gasteiger partial charge on any atom is -0.501 e. The summed E-state index contributed by atoms with van der Waals surface area (Å²) in [7, 11) is 0. The van der Waals surface area contributed by atoms with Crippen LogP contribution in [0.25, 0.3) is 4.98 Å². The number of nitroso groups, excluding NO2 is 1. The standard InChI is InChI=1S/C10H12N4O3/c1-2-14(13-17)6-10(16)7-3-4-8(12-11)9(15)5-7/h3-5,10,16H,2,6H2,1H3/p+1. The zero-order valence-electron chi connectivity index (χ0n) is 9.32. The maximum atomic E-state index is 10.3. The van der Waals surface area contributed by atoms with Gasteiger partial charge in [-0.25, -0.2) is 0 Å². The molecule has 0 amide bonds. The monoisotopic (exact) mass is 237 g/mol. The number of hydrogen-bond acceptors (Lipinski definition) is 5. The molecule has 0 fully saturated rings. The molecular weight excluding hydrogens is 224 g/mol. The molecule has 17 heavy (non-hydrogen) atoms. The second-order valence-corrected chi connectivity index (χ2v) is 3.45. The number of rotatable bonds is 5. The first kappa shape index (κ1) is 12.9. The van der Waals surface area contributed by atoms with E-state index in [0.29, 0.717) is 12.1 Å². The SMILES string of the molecule is CCN(CC(O)c1ccc([N+]#N)c(O)c1)N=O. The van der Waals surface area contributed by atoms with E-state index in [1.165, 1.54) is 18.2 Å². The molecule has 1 unspecified atom stereocenters. The maximum Gasteiger partial charge on any atom is 0.426 e.